The quantitative estimate of drug-likeness (QED) is 0.874. The molecular formula is C11H7ClFNO2. The normalized spacial score (nSPS) is 10.1. The first kappa shape index (κ1) is 10.7. The van der Waals surface area contributed by atoms with Gasteiger partial charge in [-0.1, -0.05) is 11.6 Å². The summed E-state index contributed by atoms with van der Waals surface area (Å²) in [6, 6.07) is 6.99. The SMILES string of the molecule is Oc1ccc(Oc2ncc(Cl)cc2F)cc1. The highest BCUT2D eigenvalue weighted by molar-refractivity contribution is 6.30. The van der Waals surface area contributed by atoms with Crippen molar-refractivity contribution in [1.82, 2.24) is 4.98 Å². The van der Waals surface area contributed by atoms with Crippen LogP contribution in [0, 0.1) is 5.82 Å². The summed E-state index contributed by atoms with van der Waals surface area (Å²) in [5.41, 5.74) is 0. The number of ether oxygens (including phenoxy) is 1. The second kappa shape index (κ2) is 4.37. The van der Waals surface area contributed by atoms with Gasteiger partial charge in [0.15, 0.2) is 5.82 Å². The third-order valence-corrected chi connectivity index (χ3v) is 2.03. The Bertz CT molecular complexity index is 502. The van der Waals surface area contributed by atoms with Gasteiger partial charge in [0.1, 0.15) is 11.5 Å². The Morgan fingerprint density at radius 3 is 2.56 bits per heavy atom. The molecule has 0 saturated heterocycles. The maximum atomic E-state index is 13.3. The van der Waals surface area contributed by atoms with Crippen LogP contribution in [0.3, 0.4) is 0 Å². The molecular weight excluding hydrogens is 233 g/mol. The third kappa shape index (κ3) is 2.41. The Balaban J connectivity index is 2.23. The summed E-state index contributed by atoms with van der Waals surface area (Å²) in [6.07, 6.45) is 1.29. The van der Waals surface area contributed by atoms with Gasteiger partial charge in [-0.15, -0.1) is 0 Å². The average Bonchev–Trinajstić information content (AvgIpc) is 2.25. The van der Waals surface area contributed by atoms with E-state index >= 15 is 0 Å². The summed E-state index contributed by atoms with van der Waals surface area (Å²) in [5.74, 6) is -0.306. The second-order valence-electron chi connectivity index (χ2n) is 3.04. The Morgan fingerprint density at radius 2 is 1.94 bits per heavy atom. The van der Waals surface area contributed by atoms with Crippen LogP contribution in [0.25, 0.3) is 0 Å². The van der Waals surface area contributed by atoms with Crippen molar-refractivity contribution in [3.63, 3.8) is 0 Å². The van der Waals surface area contributed by atoms with Crippen molar-refractivity contribution in [1.29, 1.82) is 0 Å². The number of phenols is 1. The van der Waals surface area contributed by atoms with Gasteiger partial charge in [-0.25, -0.2) is 9.37 Å². The molecule has 0 amide bonds. The number of pyridine rings is 1. The Labute approximate surface area is 96.1 Å². The molecule has 0 fully saturated rings. The Hall–Kier alpha value is -1.81. The first-order valence-corrected chi connectivity index (χ1v) is 4.81. The first-order valence-electron chi connectivity index (χ1n) is 4.43. The van der Waals surface area contributed by atoms with Crippen LogP contribution in [0.5, 0.6) is 17.4 Å². The zero-order valence-corrected chi connectivity index (χ0v) is 8.78. The van der Waals surface area contributed by atoms with Crippen molar-refractivity contribution < 1.29 is 14.2 Å². The molecule has 0 unspecified atom stereocenters. The first-order chi connectivity index (χ1) is 7.65. The van der Waals surface area contributed by atoms with Crippen LogP contribution in [0.1, 0.15) is 0 Å². The van der Waals surface area contributed by atoms with E-state index in [9.17, 15) is 4.39 Å². The minimum atomic E-state index is -0.638. The van der Waals surface area contributed by atoms with Crippen LogP contribution >= 0.6 is 11.6 Å². The van der Waals surface area contributed by atoms with Crippen molar-refractivity contribution in [2.24, 2.45) is 0 Å². The number of hydrogen-bond acceptors (Lipinski definition) is 3. The number of nitrogens with zero attached hydrogens (tertiary/aromatic N) is 1. The molecule has 0 saturated carbocycles. The highest BCUT2D eigenvalue weighted by atomic mass is 35.5. The molecule has 0 atom stereocenters. The maximum Gasteiger partial charge on any atom is 0.255 e. The van der Waals surface area contributed by atoms with Gasteiger partial charge >= 0.3 is 0 Å². The predicted molar refractivity (Wildman–Crippen MR) is 57.4 cm³/mol. The largest absolute Gasteiger partial charge is 0.508 e. The lowest BCUT2D eigenvalue weighted by atomic mass is 10.3. The number of phenolic OH excluding ortho intramolecular Hbond substituents is 1. The molecule has 0 spiro atoms. The summed E-state index contributed by atoms with van der Waals surface area (Å²) < 4.78 is 18.5. The summed E-state index contributed by atoms with van der Waals surface area (Å²) in [7, 11) is 0. The van der Waals surface area contributed by atoms with Crippen LogP contribution in [-0.4, -0.2) is 10.1 Å². The molecule has 1 N–H and O–H groups in total. The van der Waals surface area contributed by atoms with Crippen molar-refractivity contribution in [3.8, 4) is 17.4 Å². The molecule has 2 aromatic rings. The van der Waals surface area contributed by atoms with E-state index in [2.05, 4.69) is 4.98 Å². The van der Waals surface area contributed by atoms with E-state index in [4.69, 9.17) is 21.4 Å². The van der Waals surface area contributed by atoms with Crippen LogP contribution in [0.4, 0.5) is 4.39 Å². The van der Waals surface area contributed by atoms with E-state index in [1.807, 2.05) is 0 Å². The van der Waals surface area contributed by atoms with Gasteiger partial charge in [-0.05, 0) is 30.3 Å². The monoisotopic (exact) mass is 239 g/mol. The molecule has 1 heterocycles. The van der Waals surface area contributed by atoms with Crippen molar-refractivity contribution in [2.75, 3.05) is 0 Å². The molecule has 0 aliphatic heterocycles. The Kier molecular flexibility index (Phi) is 2.92. The van der Waals surface area contributed by atoms with Crippen LogP contribution in [0.2, 0.25) is 5.02 Å². The highest BCUT2D eigenvalue weighted by Crippen LogP contribution is 2.25. The maximum absolute atomic E-state index is 13.3. The lowest BCUT2D eigenvalue weighted by Crippen LogP contribution is -1.91. The number of benzene rings is 1. The van der Waals surface area contributed by atoms with E-state index in [1.54, 1.807) is 0 Å². The average molecular weight is 240 g/mol. The van der Waals surface area contributed by atoms with Crippen LogP contribution in [0.15, 0.2) is 36.5 Å². The van der Waals surface area contributed by atoms with E-state index in [-0.39, 0.29) is 16.7 Å². The van der Waals surface area contributed by atoms with Crippen molar-refractivity contribution in [2.45, 2.75) is 0 Å². The number of halogens is 2. The molecule has 1 aromatic carbocycles. The van der Waals surface area contributed by atoms with Gasteiger partial charge in [0.25, 0.3) is 5.88 Å². The minimum Gasteiger partial charge on any atom is -0.508 e. The predicted octanol–water partition coefficient (Wildman–Crippen LogP) is 3.37. The molecule has 2 rings (SSSR count). The number of rotatable bonds is 2. The van der Waals surface area contributed by atoms with Crippen molar-refractivity contribution >= 4 is 11.6 Å². The van der Waals surface area contributed by atoms with Gasteiger partial charge < -0.3 is 9.84 Å². The highest BCUT2D eigenvalue weighted by Gasteiger charge is 2.06. The zero-order chi connectivity index (χ0) is 11.5. The van der Waals surface area contributed by atoms with Gasteiger partial charge in [0, 0.05) is 6.20 Å². The third-order valence-electron chi connectivity index (χ3n) is 1.83. The number of aromatic nitrogens is 1. The van der Waals surface area contributed by atoms with Gasteiger partial charge in [0.2, 0.25) is 0 Å². The lowest BCUT2D eigenvalue weighted by Gasteiger charge is -2.05. The molecule has 0 aliphatic rings. The van der Waals surface area contributed by atoms with Crippen molar-refractivity contribution in [3.05, 3.63) is 47.4 Å². The zero-order valence-electron chi connectivity index (χ0n) is 8.02. The van der Waals surface area contributed by atoms with Crippen LogP contribution in [-0.2, 0) is 0 Å². The summed E-state index contributed by atoms with van der Waals surface area (Å²) in [4.78, 5) is 3.70. The fourth-order valence-corrected chi connectivity index (χ4v) is 1.25. The van der Waals surface area contributed by atoms with Gasteiger partial charge in [-0.3, -0.25) is 0 Å². The van der Waals surface area contributed by atoms with Gasteiger partial charge in [-0.2, -0.15) is 0 Å². The standard InChI is InChI=1S/C11H7ClFNO2/c12-7-5-10(13)11(14-6-7)16-9-3-1-8(15)2-4-9/h1-6,15H. The van der Waals surface area contributed by atoms with Crippen LogP contribution < -0.4 is 4.74 Å². The van der Waals surface area contributed by atoms with E-state index in [1.165, 1.54) is 30.5 Å². The summed E-state index contributed by atoms with van der Waals surface area (Å²) in [5, 5.41) is 9.26. The smallest absolute Gasteiger partial charge is 0.255 e. The number of aromatic hydroxyl groups is 1. The molecule has 16 heavy (non-hydrogen) atoms. The lowest BCUT2D eigenvalue weighted by molar-refractivity contribution is 0.420. The molecule has 0 bridgehead atoms. The van der Waals surface area contributed by atoms with E-state index in [0.29, 0.717) is 5.75 Å². The van der Waals surface area contributed by atoms with E-state index < -0.39 is 5.82 Å². The Morgan fingerprint density at radius 1 is 1.25 bits per heavy atom. The summed E-state index contributed by atoms with van der Waals surface area (Å²) >= 11 is 5.55. The molecule has 1 aromatic heterocycles. The molecule has 5 heteroatoms. The minimum absolute atomic E-state index is 0.108. The molecule has 0 aliphatic carbocycles. The van der Waals surface area contributed by atoms with Gasteiger partial charge in [0.05, 0.1) is 5.02 Å². The number of hydrogen-bond donors (Lipinski definition) is 1. The fourth-order valence-electron chi connectivity index (χ4n) is 1.10. The second-order valence-corrected chi connectivity index (χ2v) is 3.47. The summed E-state index contributed by atoms with van der Waals surface area (Å²) in [6.45, 7) is 0. The topological polar surface area (TPSA) is 42.4 Å². The molecule has 0 radical (unpaired) electrons. The molecule has 3 nitrogen and oxygen atoms in total. The molecule has 82 valence electrons. The fraction of sp³-hybridized carbons (Fsp3) is 0. The van der Waals surface area contributed by atoms with E-state index in [0.717, 1.165) is 6.07 Å².